The standard InChI is InChI=1S/C24H29F2N3O3/c1-16(2)28(13-21(30)15-31-4)14-23-17(3)27-29(20-9-5-18(25)6-10-20)24(23)32-22-11-7-19(26)8-12-22/h5-12,16,21,30H,13-15H2,1-4H3/t21-/m1/s1. The van der Waals surface area contributed by atoms with E-state index in [9.17, 15) is 13.9 Å². The van der Waals surface area contributed by atoms with Gasteiger partial charge in [0.2, 0.25) is 5.88 Å². The quantitative estimate of drug-likeness (QED) is 0.499. The van der Waals surface area contributed by atoms with E-state index in [1.165, 1.54) is 24.3 Å². The predicted molar refractivity (Wildman–Crippen MR) is 118 cm³/mol. The van der Waals surface area contributed by atoms with Crippen molar-refractivity contribution in [3.63, 3.8) is 0 Å². The van der Waals surface area contributed by atoms with E-state index in [4.69, 9.17) is 9.47 Å². The van der Waals surface area contributed by atoms with Crippen LogP contribution in [-0.2, 0) is 11.3 Å². The third-order valence-electron chi connectivity index (χ3n) is 5.13. The smallest absolute Gasteiger partial charge is 0.227 e. The summed E-state index contributed by atoms with van der Waals surface area (Å²) in [5.41, 5.74) is 2.18. The van der Waals surface area contributed by atoms with Crippen LogP contribution >= 0.6 is 0 Å². The lowest BCUT2D eigenvalue weighted by Crippen LogP contribution is -2.38. The Hall–Kier alpha value is -2.81. The molecule has 0 aliphatic rings. The zero-order chi connectivity index (χ0) is 23.3. The summed E-state index contributed by atoms with van der Waals surface area (Å²) in [5, 5.41) is 14.9. The van der Waals surface area contributed by atoms with Crippen LogP contribution in [0.25, 0.3) is 5.69 Å². The zero-order valence-corrected chi connectivity index (χ0v) is 18.8. The number of aryl methyl sites for hydroxylation is 1. The number of halogens is 2. The lowest BCUT2D eigenvalue weighted by molar-refractivity contribution is 0.0277. The Kier molecular flexibility index (Phi) is 7.95. The first kappa shape index (κ1) is 23.8. The van der Waals surface area contributed by atoms with E-state index in [-0.39, 0.29) is 24.3 Å². The van der Waals surface area contributed by atoms with E-state index in [0.29, 0.717) is 30.4 Å². The molecular weight excluding hydrogens is 416 g/mol. The third kappa shape index (κ3) is 5.91. The van der Waals surface area contributed by atoms with E-state index in [1.54, 1.807) is 36.1 Å². The van der Waals surface area contributed by atoms with Crippen molar-refractivity contribution in [1.29, 1.82) is 0 Å². The summed E-state index contributed by atoms with van der Waals surface area (Å²) in [7, 11) is 1.55. The maximum atomic E-state index is 13.5. The summed E-state index contributed by atoms with van der Waals surface area (Å²) < 4.78 is 39.7. The van der Waals surface area contributed by atoms with Crippen molar-refractivity contribution < 1.29 is 23.4 Å². The van der Waals surface area contributed by atoms with Gasteiger partial charge in [0.25, 0.3) is 0 Å². The molecule has 0 saturated heterocycles. The molecule has 3 aromatic rings. The van der Waals surface area contributed by atoms with E-state index >= 15 is 0 Å². The van der Waals surface area contributed by atoms with Crippen LogP contribution in [0.3, 0.4) is 0 Å². The first-order valence-corrected chi connectivity index (χ1v) is 10.5. The molecule has 1 N–H and O–H groups in total. The minimum atomic E-state index is -0.642. The highest BCUT2D eigenvalue weighted by atomic mass is 19.1. The molecule has 0 saturated carbocycles. The van der Waals surface area contributed by atoms with Crippen molar-refractivity contribution in [3.8, 4) is 17.3 Å². The maximum absolute atomic E-state index is 13.5. The summed E-state index contributed by atoms with van der Waals surface area (Å²) in [6, 6.07) is 11.8. The zero-order valence-electron chi connectivity index (χ0n) is 18.8. The van der Waals surface area contributed by atoms with Crippen LogP contribution in [0.5, 0.6) is 11.6 Å². The average molecular weight is 446 g/mol. The van der Waals surface area contributed by atoms with E-state index < -0.39 is 6.10 Å². The highest BCUT2D eigenvalue weighted by Crippen LogP contribution is 2.32. The highest BCUT2D eigenvalue weighted by molar-refractivity contribution is 5.43. The van der Waals surface area contributed by atoms with E-state index in [2.05, 4.69) is 10.00 Å². The fraction of sp³-hybridized carbons (Fsp3) is 0.375. The lowest BCUT2D eigenvalue weighted by atomic mass is 10.2. The lowest BCUT2D eigenvalue weighted by Gasteiger charge is -2.28. The molecule has 0 fully saturated rings. The summed E-state index contributed by atoms with van der Waals surface area (Å²) in [5.74, 6) is 0.190. The Bertz CT molecular complexity index is 1000. The summed E-state index contributed by atoms with van der Waals surface area (Å²) in [6.45, 7) is 7.05. The molecule has 6 nitrogen and oxygen atoms in total. The van der Waals surface area contributed by atoms with Gasteiger partial charge in [-0.1, -0.05) is 0 Å². The molecule has 172 valence electrons. The molecule has 8 heteroatoms. The molecule has 3 rings (SSSR count). The number of hydrogen-bond acceptors (Lipinski definition) is 5. The van der Waals surface area contributed by atoms with Gasteiger partial charge in [-0.15, -0.1) is 0 Å². The Morgan fingerprint density at radius 1 is 1.03 bits per heavy atom. The van der Waals surface area contributed by atoms with E-state index in [1.807, 2.05) is 20.8 Å². The average Bonchev–Trinajstić information content (AvgIpc) is 3.05. The van der Waals surface area contributed by atoms with Crippen molar-refractivity contribution >= 4 is 0 Å². The van der Waals surface area contributed by atoms with Crippen LogP contribution < -0.4 is 4.74 Å². The van der Waals surface area contributed by atoms with Crippen molar-refractivity contribution in [2.45, 2.75) is 39.5 Å². The molecular formula is C24H29F2N3O3. The molecule has 2 aromatic carbocycles. The number of aliphatic hydroxyl groups excluding tert-OH is 1. The van der Waals surface area contributed by atoms with Crippen LogP contribution in [-0.4, -0.2) is 52.2 Å². The van der Waals surface area contributed by atoms with Crippen molar-refractivity contribution in [1.82, 2.24) is 14.7 Å². The van der Waals surface area contributed by atoms with Gasteiger partial charge in [0.05, 0.1) is 29.7 Å². The number of nitrogens with zero attached hydrogens (tertiary/aromatic N) is 3. The van der Waals surface area contributed by atoms with Crippen molar-refractivity contribution in [2.24, 2.45) is 0 Å². The Balaban J connectivity index is 2.01. The Morgan fingerprint density at radius 3 is 2.19 bits per heavy atom. The van der Waals surface area contributed by atoms with Crippen LogP contribution in [0.15, 0.2) is 48.5 Å². The third-order valence-corrected chi connectivity index (χ3v) is 5.13. The summed E-state index contributed by atoms with van der Waals surface area (Å²) >= 11 is 0. The highest BCUT2D eigenvalue weighted by Gasteiger charge is 2.24. The van der Waals surface area contributed by atoms with Gasteiger partial charge in [0, 0.05) is 26.2 Å². The molecule has 0 aliphatic heterocycles. The Labute approximate surface area is 187 Å². The van der Waals surface area contributed by atoms with Gasteiger partial charge >= 0.3 is 0 Å². The van der Waals surface area contributed by atoms with Gasteiger partial charge in [-0.25, -0.2) is 13.5 Å². The number of benzene rings is 2. The number of rotatable bonds is 10. The van der Waals surface area contributed by atoms with Crippen molar-refractivity contribution in [2.75, 3.05) is 20.3 Å². The molecule has 0 aliphatic carbocycles. The second-order valence-corrected chi connectivity index (χ2v) is 7.95. The molecule has 1 atom stereocenters. The molecule has 32 heavy (non-hydrogen) atoms. The molecule has 0 unspecified atom stereocenters. The summed E-state index contributed by atoms with van der Waals surface area (Å²) in [4.78, 5) is 2.10. The second-order valence-electron chi connectivity index (χ2n) is 7.95. The van der Waals surface area contributed by atoms with Gasteiger partial charge in [-0.3, -0.25) is 4.90 Å². The molecule has 0 radical (unpaired) electrons. The normalized spacial score (nSPS) is 12.5. The van der Waals surface area contributed by atoms with Gasteiger partial charge in [-0.2, -0.15) is 5.10 Å². The van der Waals surface area contributed by atoms with Gasteiger partial charge < -0.3 is 14.6 Å². The maximum Gasteiger partial charge on any atom is 0.227 e. The number of hydrogen-bond donors (Lipinski definition) is 1. The van der Waals surface area contributed by atoms with Crippen LogP contribution in [0.2, 0.25) is 0 Å². The first-order valence-electron chi connectivity index (χ1n) is 10.5. The SMILES string of the molecule is COC[C@H](O)CN(Cc1c(C)nn(-c2ccc(F)cc2)c1Oc1ccc(F)cc1)C(C)C. The number of aromatic nitrogens is 2. The molecule has 0 spiro atoms. The fourth-order valence-electron chi connectivity index (χ4n) is 3.37. The molecule has 0 amide bonds. The van der Waals surface area contributed by atoms with Gasteiger partial charge in [0.15, 0.2) is 0 Å². The van der Waals surface area contributed by atoms with Crippen LogP contribution in [0.1, 0.15) is 25.1 Å². The number of methoxy groups -OCH3 is 1. The van der Waals surface area contributed by atoms with Gasteiger partial charge in [0.1, 0.15) is 17.4 Å². The number of ether oxygens (including phenoxy) is 2. The van der Waals surface area contributed by atoms with Crippen molar-refractivity contribution in [3.05, 3.63) is 71.4 Å². The molecule has 1 heterocycles. The minimum Gasteiger partial charge on any atom is -0.439 e. The minimum absolute atomic E-state index is 0.133. The topological polar surface area (TPSA) is 59.8 Å². The largest absolute Gasteiger partial charge is 0.439 e. The van der Waals surface area contributed by atoms with Gasteiger partial charge in [-0.05, 0) is 69.3 Å². The van der Waals surface area contributed by atoms with Crippen LogP contribution in [0, 0.1) is 18.6 Å². The fourth-order valence-corrected chi connectivity index (χ4v) is 3.37. The van der Waals surface area contributed by atoms with E-state index in [0.717, 1.165) is 11.3 Å². The predicted octanol–water partition coefficient (Wildman–Crippen LogP) is 4.47. The Morgan fingerprint density at radius 2 is 1.62 bits per heavy atom. The second kappa shape index (κ2) is 10.7. The first-order chi connectivity index (χ1) is 15.3. The van der Waals surface area contributed by atoms with Crippen LogP contribution in [0.4, 0.5) is 8.78 Å². The summed E-state index contributed by atoms with van der Waals surface area (Å²) in [6.07, 6.45) is -0.642. The number of aliphatic hydroxyl groups is 1. The molecule has 0 bridgehead atoms. The molecule has 1 aromatic heterocycles. The monoisotopic (exact) mass is 445 g/mol.